The number of aromatic nitrogens is 2. The lowest BCUT2D eigenvalue weighted by molar-refractivity contribution is 0.0332. The molecule has 1 aliphatic rings. The predicted molar refractivity (Wildman–Crippen MR) is 118 cm³/mol. The van der Waals surface area contributed by atoms with Gasteiger partial charge in [0, 0.05) is 17.6 Å². The Morgan fingerprint density at radius 3 is 2.60 bits per heavy atom. The van der Waals surface area contributed by atoms with Crippen molar-refractivity contribution in [1.82, 2.24) is 9.78 Å². The highest BCUT2D eigenvalue weighted by molar-refractivity contribution is 5.65. The molecule has 4 rings (SSSR count). The Morgan fingerprint density at radius 2 is 1.93 bits per heavy atom. The maximum absolute atomic E-state index is 13.3. The molecule has 0 fully saturated rings. The largest absolute Gasteiger partial charge is 0.374 e. The average Bonchev–Trinajstić information content (AvgIpc) is 3.16. The summed E-state index contributed by atoms with van der Waals surface area (Å²) < 4.78 is 21.3. The van der Waals surface area contributed by atoms with E-state index in [1.807, 2.05) is 42.1 Å². The second-order valence-corrected chi connectivity index (χ2v) is 7.94. The molecule has 0 amide bonds. The van der Waals surface area contributed by atoms with Gasteiger partial charge in [-0.05, 0) is 61.2 Å². The number of nitrogens with zero attached hydrogens (tertiary/aromatic N) is 2. The van der Waals surface area contributed by atoms with Crippen molar-refractivity contribution in [3.05, 3.63) is 89.0 Å². The van der Waals surface area contributed by atoms with Gasteiger partial charge in [0.25, 0.3) is 0 Å². The quantitative estimate of drug-likeness (QED) is 0.492. The van der Waals surface area contributed by atoms with E-state index >= 15 is 0 Å². The minimum absolute atomic E-state index is 0.0355. The van der Waals surface area contributed by atoms with Crippen LogP contribution in [0, 0.1) is 23.6 Å². The molecular formula is C26H25FN2O. The van der Waals surface area contributed by atoms with Crippen molar-refractivity contribution in [1.29, 1.82) is 0 Å². The Kier molecular flexibility index (Phi) is 5.57. The van der Waals surface area contributed by atoms with Crippen LogP contribution in [0.3, 0.4) is 0 Å². The zero-order valence-electron chi connectivity index (χ0n) is 17.3. The third-order valence-corrected chi connectivity index (χ3v) is 5.80. The van der Waals surface area contributed by atoms with Crippen LogP contribution >= 0.6 is 0 Å². The molecule has 0 N–H and O–H groups in total. The number of ether oxygens (including phenoxy) is 1. The molecule has 3 nitrogen and oxygen atoms in total. The van der Waals surface area contributed by atoms with Gasteiger partial charge in [-0.25, -0.2) is 9.07 Å². The number of rotatable bonds is 6. The third-order valence-electron chi connectivity index (χ3n) is 5.80. The van der Waals surface area contributed by atoms with Gasteiger partial charge < -0.3 is 4.74 Å². The summed E-state index contributed by atoms with van der Waals surface area (Å²) in [6.07, 6.45) is 11.4. The number of terminal acetylenes is 1. The minimum atomic E-state index is -0.268. The smallest absolute Gasteiger partial charge is 0.123 e. The fraction of sp³-hybridized carbons (Fsp3) is 0.269. The minimum Gasteiger partial charge on any atom is -0.374 e. The highest BCUT2D eigenvalue weighted by atomic mass is 19.1. The summed E-state index contributed by atoms with van der Waals surface area (Å²) in [7, 11) is 0. The molecule has 0 saturated carbocycles. The average molecular weight is 400 g/mol. The van der Waals surface area contributed by atoms with Crippen LogP contribution in [0.15, 0.2) is 66.4 Å². The first-order valence-electron chi connectivity index (χ1n) is 10.2. The Hall–Kier alpha value is -3.16. The van der Waals surface area contributed by atoms with Crippen LogP contribution in [0.2, 0.25) is 0 Å². The first kappa shape index (κ1) is 20.1. The molecule has 0 bridgehead atoms. The second-order valence-electron chi connectivity index (χ2n) is 7.94. The molecule has 1 unspecified atom stereocenters. The van der Waals surface area contributed by atoms with Crippen LogP contribution < -0.4 is 0 Å². The molecule has 3 aromatic rings. The van der Waals surface area contributed by atoms with Gasteiger partial charge in [-0.15, -0.1) is 6.42 Å². The third kappa shape index (κ3) is 3.81. The molecule has 0 spiro atoms. The van der Waals surface area contributed by atoms with Gasteiger partial charge in [0.05, 0.1) is 23.7 Å². The van der Waals surface area contributed by atoms with E-state index in [4.69, 9.17) is 11.2 Å². The lowest BCUT2D eigenvalue weighted by atomic mass is 9.69. The summed E-state index contributed by atoms with van der Waals surface area (Å²) in [5, 5.41) is 4.56. The van der Waals surface area contributed by atoms with Crippen molar-refractivity contribution in [2.75, 3.05) is 6.61 Å². The summed E-state index contributed by atoms with van der Waals surface area (Å²) in [6, 6.07) is 16.6. The molecule has 2 atom stereocenters. The molecule has 0 aliphatic heterocycles. The van der Waals surface area contributed by atoms with Crippen LogP contribution in [0.25, 0.3) is 11.8 Å². The van der Waals surface area contributed by atoms with E-state index in [-0.39, 0.29) is 17.3 Å². The van der Waals surface area contributed by atoms with Crippen LogP contribution in [0.5, 0.6) is 0 Å². The summed E-state index contributed by atoms with van der Waals surface area (Å²) in [5.74, 6) is 2.65. The Balaban J connectivity index is 1.69. The summed E-state index contributed by atoms with van der Waals surface area (Å²) in [6.45, 7) is 4.85. The SMILES string of the molecule is C#CC1=Cc2c(cnn2-c2ccc(F)cc2)CC1(C)C[C@@H](OCC)c1ccccc1. The second kappa shape index (κ2) is 8.30. The summed E-state index contributed by atoms with van der Waals surface area (Å²) in [5.41, 5.74) is 4.74. The maximum Gasteiger partial charge on any atom is 0.123 e. The summed E-state index contributed by atoms with van der Waals surface area (Å²) in [4.78, 5) is 0. The van der Waals surface area contributed by atoms with Gasteiger partial charge in [0.1, 0.15) is 5.82 Å². The lowest BCUT2D eigenvalue weighted by Crippen LogP contribution is -2.28. The zero-order chi connectivity index (χ0) is 21.1. The first-order chi connectivity index (χ1) is 14.5. The zero-order valence-corrected chi connectivity index (χ0v) is 17.3. The predicted octanol–water partition coefficient (Wildman–Crippen LogP) is 5.76. The summed E-state index contributed by atoms with van der Waals surface area (Å²) >= 11 is 0. The molecular weight excluding hydrogens is 375 g/mol. The molecule has 4 heteroatoms. The van der Waals surface area contributed by atoms with E-state index < -0.39 is 0 Å². The molecule has 1 aromatic heterocycles. The van der Waals surface area contributed by atoms with Crippen LogP contribution in [-0.2, 0) is 11.2 Å². The van der Waals surface area contributed by atoms with Gasteiger partial charge in [0.15, 0.2) is 0 Å². The van der Waals surface area contributed by atoms with E-state index in [0.717, 1.165) is 40.9 Å². The van der Waals surface area contributed by atoms with Crippen molar-refractivity contribution < 1.29 is 9.13 Å². The number of fused-ring (bicyclic) bond motifs is 1. The topological polar surface area (TPSA) is 27.1 Å². The standard InChI is InChI=1S/C26H25FN2O/c1-4-21-15-24-20(18-28-29(24)23-13-11-22(27)12-14-23)16-26(21,3)17-25(30-5-2)19-9-7-6-8-10-19/h1,6-15,18,25H,5,16-17H2,2-3H3/t25-,26?/m1/s1. The Bertz CT molecular complexity index is 1090. The van der Waals surface area contributed by atoms with Gasteiger partial charge in [-0.3, -0.25) is 0 Å². The van der Waals surface area contributed by atoms with Crippen molar-refractivity contribution in [3.8, 4) is 18.0 Å². The van der Waals surface area contributed by atoms with Gasteiger partial charge >= 0.3 is 0 Å². The number of hydrogen-bond acceptors (Lipinski definition) is 2. The van der Waals surface area contributed by atoms with E-state index in [9.17, 15) is 4.39 Å². The number of benzene rings is 2. The fourth-order valence-electron chi connectivity index (χ4n) is 4.25. The van der Waals surface area contributed by atoms with Gasteiger partial charge in [-0.2, -0.15) is 5.10 Å². The Labute approximate surface area is 177 Å². The van der Waals surface area contributed by atoms with Crippen LogP contribution in [-0.4, -0.2) is 16.4 Å². The van der Waals surface area contributed by atoms with Gasteiger partial charge in [-0.1, -0.05) is 43.2 Å². The number of halogens is 1. The molecule has 0 radical (unpaired) electrons. The van der Waals surface area contributed by atoms with E-state index in [2.05, 4.69) is 30.1 Å². The number of hydrogen-bond donors (Lipinski definition) is 0. The van der Waals surface area contributed by atoms with Crippen LogP contribution in [0.1, 0.15) is 43.2 Å². The van der Waals surface area contributed by atoms with Crippen molar-refractivity contribution in [2.24, 2.45) is 5.41 Å². The monoisotopic (exact) mass is 400 g/mol. The Morgan fingerprint density at radius 1 is 1.20 bits per heavy atom. The first-order valence-corrected chi connectivity index (χ1v) is 10.2. The van der Waals surface area contributed by atoms with Gasteiger partial charge in [0.2, 0.25) is 0 Å². The molecule has 30 heavy (non-hydrogen) atoms. The highest BCUT2D eigenvalue weighted by Gasteiger charge is 2.37. The van der Waals surface area contributed by atoms with Crippen molar-refractivity contribution in [3.63, 3.8) is 0 Å². The molecule has 0 saturated heterocycles. The van der Waals surface area contributed by atoms with Crippen LogP contribution in [0.4, 0.5) is 4.39 Å². The molecule has 2 aromatic carbocycles. The number of allylic oxidation sites excluding steroid dienone is 1. The van der Waals surface area contributed by atoms with Crippen molar-refractivity contribution in [2.45, 2.75) is 32.8 Å². The fourth-order valence-corrected chi connectivity index (χ4v) is 4.25. The molecule has 1 heterocycles. The van der Waals surface area contributed by atoms with Crippen molar-refractivity contribution >= 4 is 6.08 Å². The highest BCUT2D eigenvalue weighted by Crippen LogP contribution is 2.45. The normalized spacial score (nSPS) is 18.9. The van der Waals surface area contributed by atoms with E-state index in [1.165, 1.54) is 12.1 Å². The van der Waals surface area contributed by atoms with E-state index in [1.54, 1.807) is 12.1 Å². The lowest BCUT2D eigenvalue weighted by Gasteiger charge is -2.36. The maximum atomic E-state index is 13.3. The molecule has 152 valence electrons. The van der Waals surface area contributed by atoms with E-state index in [0.29, 0.717) is 6.61 Å². The molecule has 1 aliphatic carbocycles.